The summed E-state index contributed by atoms with van der Waals surface area (Å²) < 4.78 is 6.32. The molecule has 5 atom stereocenters. The van der Waals surface area contributed by atoms with Crippen LogP contribution in [0, 0.1) is 22.7 Å². The van der Waals surface area contributed by atoms with Crippen LogP contribution in [0.3, 0.4) is 0 Å². The third-order valence-corrected chi connectivity index (χ3v) is 7.94. The highest BCUT2D eigenvalue weighted by molar-refractivity contribution is 5.94. The van der Waals surface area contributed by atoms with Crippen molar-refractivity contribution in [2.75, 3.05) is 6.61 Å². The van der Waals surface area contributed by atoms with Crippen LogP contribution in [0.15, 0.2) is 60.7 Å². The molecule has 3 fully saturated rings. The Morgan fingerprint density at radius 3 is 2.43 bits per heavy atom. The second-order valence-corrected chi connectivity index (χ2v) is 9.52. The van der Waals surface area contributed by atoms with Gasteiger partial charge in [-0.25, -0.2) is 0 Å². The number of fused-ring (bicyclic) bond motifs is 1. The molecular weight excluding hydrogens is 346 g/mol. The van der Waals surface area contributed by atoms with E-state index >= 15 is 0 Å². The van der Waals surface area contributed by atoms with E-state index in [0.717, 1.165) is 18.6 Å². The SMILES string of the molecule is CC1(C)[C@@H]2C[C@@H]3[C@@H](c4ccccc4)OCCC3(C2)[C@H]1NC(=O)c1ccccc1. The molecule has 1 unspecified atom stereocenters. The monoisotopic (exact) mass is 375 g/mol. The first-order valence-electron chi connectivity index (χ1n) is 10.5. The number of amides is 1. The summed E-state index contributed by atoms with van der Waals surface area (Å²) in [6.45, 7) is 5.48. The fourth-order valence-electron chi connectivity index (χ4n) is 6.56. The fourth-order valence-corrected chi connectivity index (χ4v) is 6.56. The van der Waals surface area contributed by atoms with E-state index in [2.05, 4.69) is 49.5 Å². The smallest absolute Gasteiger partial charge is 0.251 e. The summed E-state index contributed by atoms with van der Waals surface area (Å²) in [5, 5.41) is 3.48. The summed E-state index contributed by atoms with van der Waals surface area (Å²) in [5.74, 6) is 1.16. The van der Waals surface area contributed by atoms with Gasteiger partial charge < -0.3 is 10.1 Å². The molecule has 0 aromatic heterocycles. The number of hydrogen-bond donors (Lipinski definition) is 1. The molecular formula is C25H29NO2. The quantitative estimate of drug-likeness (QED) is 0.820. The maximum atomic E-state index is 13.0. The summed E-state index contributed by atoms with van der Waals surface area (Å²) in [4.78, 5) is 13.0. The molecule has 2 aromatic carbocycles. The van der Waals surface area contributed by atoms with Crippen molar-refractivity contribution in [3.05, 3.63) is 71.8 Å². The highest BCUT2D eigenvalue weighted by Gasteiger charge is 2.68. The number of nitrogens with one attached hydrogen (secondary N) is 1. The highest BCUT2D eigenvalue weighted by atomic mass is 16.5. The molecule has 3 nitrogen and oxygen atoms in total. The second-order valence-electron chi connectivity index (χ2n) is 9.52. The fraction of sp³-hybridized carbons (Fsp3) is 0.480. The van der Waals surface area contributed by atoms with Crippen molar-refractivity contribution in [1.29, 1.82) is 0 Å². The minimum atomic E-state index is 0.0575. The van der Waals surface area contributed by atoms with Gasteiger partial charge in [0.25, 0.3) is 5.91 Å². The zero-order valence-corrected chi connectivity index (χ0v) is 16.7. The predicted octanol–water partition coefficient (Wildman–Crippen LogP) is 5.00. The number of benzene rings is 2. The van der Waals surface area contributed by atoms with Crippen LogP contribution < -0.4 is 5.32 Å². The van der Waals surface area contributed by atoms with Crippen LogP contribution in [0.5, 0.6) is 0 Å². The standard InChI is InChI=1S/C25H29NO2/c1-24(2)19-15-20-21(17-9-5-3-6-10-17)28-14-13-25(20,16-19)23(24)26-22(27)18-11-7-4-8-12-18/h3-12,19-21,23H,13-16H2,1-2H3,(H,26,27)/t19-,20-,21-,23+,25?/m1/s1. The Morgan fingerprint density at radius 1 is 1.04 bits per heavy atom. The normalized spacial score (nSPS) is 35.4. The van der Waals surface area contributed by atoms with Gasteiger partial charge in [-0.15, -0.1) is 0 Å². The highest BCUT2D eigenvalue weighted by Crippen LogP contribution is 2.70. The lowest BCUT2D eigenvalue weighted by Crippen LogP contribution is -2.58. The zero-order valence-electron chi connectivity index (χ0n) is 16.7. The predicted molar refractivity (Wildman–Crippen MR) is 110 cm³/mol. The zero-order chi connectivity index (χ0) is 19.4. The summed E-state index contributed by atoms with van der Waals surface area (Å²) in [6.07, 6.45) is 3.59. The molecule has 2 saturated carbocycles. The molecule has 1 N–H and O–H groups in total. The van der Waals surface area contributed by atoms with Crippen molar-refractivity contribution in [1.82, 2.24) is 5.32 Å². The van der Waals surface area contributed by atoms with E-state index in [1.165, 1.54) is 18.4 Å². The maximum absolute atomic E-state index is 13.0. The average molecular weight is 376 g/mol. The molecule has 3 aliphatic rings. The summed E-state index contributed by atoms with van der Waals surface area (Å²) in [5.41, 5.74) is 2.28. The van der Waals surface area contributed by atoms with Crippen LogP contribution in [0.25, 0.3) is 0 Å². The van der Waals surface area contributed by atoms with E-state index in [0.29, 0.717) is 11.8 Å². The Bertz CT molecular complexity index is 863. The van der Waals surface area contributed by atoms with Crippen molar-refractivity contribution in [2.24, 2.45) is 22.7 Å². The molecule has 2 bridgehead atoms. The van der Waals surface area contributed by atoms with E-state index in [1.807, 2.05) is 30.3 Å². The van der Waals surface area contributed by atoms with Gasteiger partial charge in [0.2, 0.25) is 0 Å². The van der Waals surface area contributed by atoms with E-state index in [4.69, 9.17) is 4.74 Å². The van der Waals surface area contributed by atoms with Gasteiger partial charge in [0.15, 0.2) is 0 Å². The van der Waals surface area contributed by atoms with Crippen LogP contribution >= 0.6 is 0 Å². The molecule has 2 aliphatic carbocycles. The topological polar surface area (TPSA) is 38.3 Å². The molecule has 1 amide bonds. The van der Waals surface area contributed by atoms with Gasteiger partial charge in [0.1, 0.15) is 0 Å². The minimum Gasteiger partial charge on any atom is -0.373 e. The second kappa shape index (κ2) is 6.45. The van der Waals surface area contributed by atoms with Crippen molar-refractivity contribution < 1.29 is 9.53 Å². The number of rotatable bonds is 3. The molecule has 1 spiro atoms. The largest absolute Gasteiger partial charge is 0.373 e. The van der Waals surface area contributed by atoms with E-state index in [-0.39, 0.29) is 28.9 Å². The van der Waals surface area contributed by atoms with Crippen molar-refractivity contribution in [3.8, 4) is 0 Å². The Hall–Kier alpha value is -2.13. The molecule has 1 aliphatic heterocycles. The third-order valence-electron chi connectivity index (χ3n) is 7.94. The molecule has 1 saturated heterocycles. The number of carbonyl (C=O) groups is 1. The Morgan fingerprint density at radius 2 is 1.71 bits per heavy atom. The van der Waals surface area contributed by atoms with Gasteiger partial charge in [-0.2, -0.15) is 0 Å². The lowest BCUT2D eigenvalue weighted by Gasteiger charge is -2.53. The van der Waals surface area contributed by atoms with E-state index in [1.54, 1.807) is 0 Å². The number of hydrogen-bond acceptors (Lipinski definition) is 2. The average Bonchev–Trinajstić information content (AvgIpc) is 3.21. The summed E-state index contributed by atoms with van der Waals surface area (Å²) in [6, 6.07) is 20.5. The maximum Gasteiger partial charge on any atom is 0.251 e. The first-order valence-corrected chi connectivity index (χ1v) is 10.5. The van der Waals surface area contributed by atoms with Crippen LogP contribution in [-0.4, -0.2) is 18.6 Å². The van der Waals surface area contributed by atoms with Gasteiger partial charge in [0.05, 0.1) is 6.10 Å². The van der Waals surface area contributed by atoms with Gasteiger partial charge in [0, 0.05) is 18.2 Å². The Labute approximate surface area is 167 Å². The first-order chi connectivity index (χ1) is 13.5. The van der Waals surface area contributed by atoms with Gasteiger partial charge >= 0.3 is 0 Å². The number of ether oxygens (including phenoxy) is 1. The molecule has 5 rings (SSSR count). The summed E-state index contributed by atoms with van der Waals surface area (Å²) in [7, 11) is 0. The molecule has 1 heterocycles. The van der Waals surface area contributed by atoms with E-state index < -0.39 is 0 Å². The molecule has 146 valence electrons. The van der Waals surface area contributed by atoms with Crippen molar-refractivity contribution >= 4 is 5.91 Å². The lowest BCUT2D eigenvalue weighted by molar-refractivity contribution is -0.120. The molecule has 28 heavy (non-hydrogen) atoms. The Kier molecular flexibility index (Phi) is 4.13. The summed E-state index contributed by atoms with van der Waals surface area (Å²) >= 11 is 0. The van der Waals surface area contributed by atoms with Gasteiger partial charge in [-0.1, -0.05) is 62.4 Å². The van der Waals surface area contributed by atoms with Gasteiger partial charge in [-0.3, -0.25) is 4.79 Å². The number of carbonyl (C=O) groups excluding carboxylic acids is 1. The molecule has 2 aromatic rings. The lowest BCUT2D eigenvalue weighted by atomic mass is 9.59. The van der Waals surface area contributed by atoms with Gasteiger partial charge in [-0.05, 0) is 59.6 Å². The van der Waals surface area contributed by atoms with Crippen LogP contribution in [-0.2, 0) is 4.74 Å². The molecule has 3 heteroatoms. The van der Waals surface area contributed by atoms with Crippen LogP contribution in [0.4, 0.5) is 0 Å². The van der Waals surface area contributed by atoms with Crippen molar-refractivity contribution in [3.63, 3.8) is 0 Å². The Balaban J connectivity index is 1.48. The van der Waals surface area contributed by atoms with Crippen LogP contribution in [0.2, 0.25) is 0 Å². The first kappa shape index (κ1) is 17.9. The third kappa shape index (κ3) is 2.56. The minimum absolute atomic E-state index is 0.0575. The van der Waals surface area contributed by atoms with E-state index in [9.17, 15) is 4.79 Å². The van der Waals surface area contributed by atoms with Crippen molar-refractivity contribution in [2.45, 2.75) is 45.3 Å². The van der Waals surface area contributed by atoms with Crippen LogP contribution in [0.1, 0.15) is 55.1 Å². The molecule has 0 radical (unpaired) electrons.